The molecule has 4 heteroatoms. The zero-order chi connectivity index (χ0) is 14.3. The van der Waals surface area contributed by atoms with Crippen LogP contribution >= 0.6 is 0 Å². The molecule has 1 amide bonds. The van der Waals surface area contributed by atoms with Crippen LogP contribution in [0.25, 0.3) is 0 Å². The highest BCUT2D eigenvalue weighted by Gasteiger charge is 2.20. The maximum Gasteiger partial charge on any atom is 0.408 e. The molecule has 0 heterocycles. The maximum absolute atomic E-state index is 11.8. The lowest BCUT2D eigenvalue weighted by atomic mass is 10.0. The zero-order valence-corrected chi connectivity index (χ0v) is 11.7. The molecule has 0 bridgehead atoms. The van der Waals surface area contributed by atoms with E-state index >= 15 is 0 Å². The minimum Gasteiger partial charge on any atom is -0.444 e. The Bertz CT molecular complexity index is 409. The van der Waals surface area contributed by atoms with Gasteiger partial charge in [0.15, 0.2) is 0 Å². The number of aldehydes is 1. The molecule has 0 saturated heterocycles. The number of nitrogens with one attached hydrogen (secondary N) is 1. The number of carbonyl (C=O) groups excluding carboxylic acids is 2. The van der Waals surface area contributed by atoms with Crippen LogP contribution in [0.2, 0.25) is 0 Å². The number of ether oxygens (including phenoxy) is 1. The summed E-state index contributed by atoms with van der Waals surface area (Å²) < 4.78 is 5.23. The highest BCUT2D eigenvalue weighted by atomic mass is 16.6. The molecule has 0 aliphatic rings. The van der Waals surface area contributed by atoms with Crippen molar-refractivity contribution in [3.63, 3.8) is 0 Å². The van der Waals surface area contributed by atoms with Gasteiger partial charge in [0.05, 0.1) is 6.04 Å². The van der Waals surface area contributed by atoms with E-state index in [-0.39, 0.29) is 6.04 Å². The van der Waals surface area contributed by atoms with Crippen LogP contribution in [0.1, 0.15) is 45.2 Å². The van der Waals surface area contributed by atoms with Gasteiger partial charge in [-0.25, -0.2) is 4.79 Å². The average molecular weight is 263 g/mol. The van der Waals surface area contributed by atoms with Crippen LogP contribution in [0.15, 0.2) is 30.3 Å². The minimum atomic E-state index is -0.532. The number of amides is 1. The molecule has 0 aliphatic carbocycles. The van der Waals surface area contributed by atoms with Crippen molar-refractivity contribution in [1.82, 2.24) is 5.32 Å². The molecule has 4 nitrogen and oxygen atoms in total. The van der Waals surface area contributed by atoms with Gasteiger partial charge in [0.25, 0.3) is 0 Å². The summed E-state index contributed by atoms with van der Waals surface area (Å²) in [6.07, 6.45) is 1.35. The van der Waals surface area contributed by atoms with Gasteiger partial charge in [-0.05, 0) is 32.8 Å². The standard InChI is InChI=1S/C15H21NO3/c1-15(2,3)19-14(18)16-13(10-7-11-17)12-8-5-4-6-9-12/h4-6,8-9,11,13H,7,10H2,1-3H3,(H,16,18). The molecule has 104 valence electrons. The lowest BCUT2D eigenvalue weighted by Gasteiger charge is -2.23. The Morgan fingerprint density at radius 3 is 2.47 bits per heavy atom. The second-order valence-corrected chi connectivity index (χ2v) is 5.35. The van der Waals surface area contributed by atoms with Crippen LogP contribution in [-0.4, -0.2) is 18.0 Å². The molecular weight excluding hydrogens is 242 g/mol. The Hall–Kier alpha value is -1.84. The molecule has 1 atom stereocenters. The minimum absolute atomic E-state index is 0.207. The number of benzene rings is 1. The Morgan fingerprint density at radius 1 is 1.32 bits per heavy atom. The second kappa shape index (κ2) is 6.92. The van der Waals surface area contributed by atoms with Crippen LogP contribution in [0.5, 0.6) is 0 Å². The molecule has 1 aromatic carbocycles. The lowest BCUT2D eigenvalue weighted by molar-refractivity contribution is -0.108. The SMILES string of the molecule is CC(C)(C)OC(=O)NC(CCC=O)c1ccccc1. The van der Waals surface area contributed by atoms with Crippen molar-refractivity contribution in [3.8, 4) is 0 Å². The fourth-order valence-electron chi connectivity index (χ4n) is 1.69. The molecule has 0 fully saturated rings. The highest BCUT2D eigenvalue weighted by Crippen LogP contribution is 2.18. The first-order chi connectivity index (χ1) is 8.92. The zero-order valence-electron chi connectivity index (χ0n) is 11.7. The summed E-state index contributed by atoms with van der Waals surface area (Å²) in [6.45, 7) is 5.45. The summed E-state index contributed by atoms with van der Waals surface area (Å²) in [6, 6.07) is 9.36. The molecule has 1 rings (SSSR count). The van der Waals surface area contributed by atoms with Crippen LogP contribution in [0, 0.1) is 0 Å². The van der Waals surface area contributed by atoms with E-state index in [0.717, 1.165) is 11.8 Å². The molecule has 19 heavy (non-hydrogen) atoms. The van der Waals surface area contributed by atoms with Crippen molar-refractivity contribution >= 4 is 12.4 Å². The molecule has 1 N–H and O–H groups in total. The third kappa shape index (κ3) is 6.04. The molecule has 1 unspecified atom stereocenters. The van der Waals surface area contributed by atoms with E-state index in [1.54, 1.807) is 0 Å². The van der Waals surface area contributed by atoms with Crippen molar-refractivity contribution in [2.75, 3.05) is 0 Å². The van der Waals surface area contributed by atoms with Crippen LogP contribution in [0.3, 0.4) is 0 Å². The summed E-state index contributed by atoms with van der Waals surface area (Å²) in [5.74, 6) is 0. The third-order valence-electron chi connectivity index (χ3n) is 2.47. The molecule has 1 aromatic rings. The fraction of sp³-hybridized carbons (Fsp3) is 0.467. The summed E-state index contributed by atoms with van der Waals surface area (Å²) in [4.78, 5) is 22.3. The summed E-state index contributed by atoms with van der Waals surface area (Å²) in [5.41, 5.74) is 0.436. The van der Waals surface area contributed by atoms with Gasteiger partial charge in [0.2, 0.25) is 0 Å². The van der Waals surface area contributed by atoms with E-state index in [4.69, 9.17) is 4.74 Å². The van der Waals surface area contributed by atoms with Gasteiger partial charge in [0.1, 0.15) is 11.9 Å². The maximum atomic E-state index is 11.8. The van der Waals surface area contributed by atoms with Gasteiger partial charge in [0, 0.05) is 6.42 Å². The quantitative estimate of drug-likeness (QED) is 0.830. The molecule has 0 saturated carbocycles. The van der Waals surface area contributed by atoms with Crippen molar-refractivity contribution in [2.24, 2.45) is 0 Å². The topological polar surface area (TPSA) is 55.4 Å². The molecule has 0 radical (unpaired) electrons. The first kappa shape index (κ1) is 15.2. The smallest absolute Gasteiger partial charge is 0.408 e. The van der Waals surface area contributed by atoms with Crippen molar-refractivity contribution in [3.05, 3.63) is 35.9 Å². The number of alkyl carbamates (subject to hydrolysis) is 1. The molecule has 0 spiro atoms. The van der Waals surface area contributed by atoms with Gasteiger partial charge < -0.3 is 14.8 Å². The van der Waals surface area contributed by atoms with Crippen molar-refractivity contribution in [1.29, 1.82) is 0 Å². The first-order valence-electron chi connectivity index (χ1n) is 6.40. The van der Waals surface area contributed by atoms with E-state index < -0.39 is 11.7 Å². The number of rotatable bonds is 5. The summed E-state index contributed by atoms with van der Waals surface area (Å²) >= 11 is 0. The van der Waals surface area contributed by atoms with Gasteiger partial charge >= 0.3 is 6.09 Å². The van der Waals surface area contributed by atoms with Gasteiger partial charge in [-0.2, -0.15) is 0 Å². The first-order valence-corrected chi connectivity index (χ1v) is 6.40. The predicted octanol–water partition coefficient (Wildman–Crippen LogP) is 3.23. The van der Waals surface area contributed by atoms with E-state index in [2.05, 4.69) is 5.32 Å². The molecule has 0 aliphatic heterocycles. The molecule has 0 aromatic heterocycles. The summed E-state index contributed by atoms with van der Waals surface area (Å²) in [7, 11) is 0. The number of hydrogen-bond acceptors (Lipinski definition) is 3. The highest BCUT2D eigenvalue weighted by molar-refractivity contribution is 5.68. The fourth-order valence-corrected chi connectivity index (χ4v) is 1.69. The number of carbonyl (C=O) groups is 2. The monoisotopic (exact) mass is 263 g/mol. The Morgan fingerprint density at radius 2 is 1.95 bits per heavy atom. The van der Waals surface area contributed by atoms with Gasteiger partial charge in [-0.1, -0.05) is 30.3 Å². The average Bonchev–Trinajstić information content (AvgIpc) is 2.33. The van der Waals surface area contributed by atoms with Gasteiger partial charge in [-0.15, -0.1) is 0 Å². The molecular formula is C15H21NO3. The Balaban J connectivity index is 2.70. The Kier molecular flexibility index (Phi) is 5.55. The Labute approximate surface area is 114 Å². The van der Waals surface area contributed by atoms with Crippen LogP contribution < -0.4 is 5.32 Å². The third-order valence-corrected chi connectivity index (χ3v) is 2.47. The van der Waals surface area contributed by atoms with E-state index in [9.17, 15) is 9.59 Å². The van der Waals surface area contributed by atoms with E-state index in [1.165, 1.54) is 0 Å². The van der Waals surface area contributed by atoms with E-state index in [1.807, 2.05) is 51.1 Å². The normalized spacial score (nSPS) is 12.6. The lowest BCUT2D eigenvalue weighted by Crippen LogP contribution is -2.35. The van der Waals surface area contributed by atoms with Gasteiger partial charge in [-0.3, -0.25) is 0 Å². The van der Waals surface area contributed by atoms with Crippen molar-refractivity contribution in [2.45, 2.75) is 45.3 Å². The van der Waals surface area contributed by atoms with Crippen molar-refractivity contribution < 1.29 is 14.3 Å². The number of hydrogen-bond donors (Lipinski definition) is 1. The van der Waals surface area contributed by atoms with E-state index in [0.29, 0.717) is 12.8 Å². The second-order valence-electron chi connectivity index (χ2n) is 5.35. The van der Waals surface area contributed by atoms with Crippen LogP contribution in [0.4, 0.5) is 4.79 Å². The van der Waals surface area contributed by atoms with Crippen LogP contribution in [-0.2, 0) is 9.53 Å². The predicted molar refractivity (Wildman–Crippen MR) is 73.9 cm³/mol. The largest absolute Gasteiger partial charge is 0.444 e. The summed E-state index contributed by atoms with van der Waals surface area (Å²) in [5, 5.41) is 2.80.